The molecule has 0 aliphatic carbocycles. The molecule has 2 aromatic carbocycles. The van der Waals surface area contributed by atoms with Crippen LogP contribution in [0.25, 0.3) is 0 Å². The van der Waals surface area contributed by atoms with Gasteiger partial charge in [-0.05, 0) is 37.1 Å². The number of hydrogen-bond acceptors (Lipinski definition) is 5. The summed E-state index contributed by atoms with van der Waals surface area (Å²) in [5.74, 6) is -0.0000608. The second-order valence-electron chi connectivity index (χ2n) is 7.01. The Bertz CT molecular complexity index is 942. The Balaban J connectivity index is 1.91. The first-order valence-corrected chi connectivity index (χ1v) is 9.79. The number of carbonyl (C=O) groups excluding carboxylic acids is 2. The zero-order valence-corrected chi connectivity index (χ0v) is 17.6. The second kappa shape index (κ2) is 9.43. The number of hydrogen-bond donors (Lipinski definition) is 0. The molecule has 2 amide bonds. The van der Waals surface area contributed by atoms with Gasteiger partial charge in [0.25, 0.3) is 0 Å². The van der Waals surface area contributed by atoms with Crippen molar-refractivity contribution >= 4 is 17.7 Å². The molecule has 30 heavy (non-hydrogen) atoms. The van der Waals surface area contributed by atoms with Gasteiger partial charge < -0.3 is 19.1 Å². The maximum absolute atomic E-state index is 12.6. The predicted molar refractivity (Wildman–Crippen MR) is 113 cm³/mol. The minimum absolute atomic E-state index is 0.253. The third-order valence-corrected chi connectivity index (χ3v) is 5.06. The number of rotatable bonds is 7. The topological polar surface area (TPSA) is 77.4 Å². The average Bonchev–Trinajstić information content (AvgIpc) is 2.75. The van der Waals surface area contributed by atoms with Gasteiger partial charge in [0.15, 0.2) is 11.5 Å². The van der Waals surface area contributed by atoms with Gasteiger partial charge in [-0.3, -0.25) is 4.79 Å². The number of methoxy groups -OCH3 is 1. The van der Waals surface area contributed by atoms with Gasteiger partial charge in [-0.25, -0.2) is 9.79 Å². The summed E-state index contributed by atoms with van der Waals surface area (Å²) < 4.78 is 16.7. The molecule has 1 heterocycles. The summed E-state index contributed by atoms with van der Waals surface area (Å²) in [6, 6.07) is 14.3. The molecule has 0 aromatic heterocycles. The number of benzene rings is 2. The van der Waals surface area contributed by atoms with Gasteiger partial charge in [-0.15, -0.1) is 0 Å². The van der Waals surface area contributed by atoms with E-state index in [1.807, 2.05) is 36.4 Å². The number of esters is 1. The SMILES string of the molecule is CCOC(=O)C1C(C)=NC(=O)N(C)C1c1ccc(OCc2ccccc2)c(OC)c1. The van der Waals surface area contributed by atoms with E-state index in [4.69, 9.17) is 14.2 Å². The summed E-state index contributed by atoms with van der Waals surface area (Å²) in [6.45, 7) is 4.07. The number of urea groups is 1. The maximum Gasteiger partial charge on any atom is 0.343 e. The van der Waals surface area contributed by atoms with Crippen molar-refractivity contribution in [2.24, 2.45) is 10.9 Å². The molecule has 2 aromatic rings. The lowest BCUT2D eigenvalue weighted by Gasteiger charge is -2.36. The van der Waals surface area contributed by atoms with Crippen LogP contribution < -0.4 is 9.47 Å². The molecule has 2 unspecified atom stereocenters. The zero-order chi connectivity index (χ0) is 21.7. The highest BCUT2D eigenvalue weighted by molar-refractivity contribution is 6.08. The monoisotopic (exact) mass is 410 g/mol. The Morgan fingerprint density at radius 2 is 1.87 bits per heavy atom. The van der Waals surface area contributed by atoms with Gasteiger partial charge in [0, 0.05) is 12.8 Å². The molecule has 7 nitrogen and oxygen atoms in total. The van der Waals surface area contributed by atoms with Crippen molar-refractivity contribution in [2.75, 3.05) is 20.8 Å². The summed E-state index contributed by atoms with van der Waals surface area (Å²) in [4.78, 5) is 30.4. The molecule has 0 bridgehead atoms. The van der Waals surface area contributed by atoms with Gasteiger partial charge >= 0.3 is 12.0 Å². The molecule has 0 radical (unpaired) electrons. The van der Waals surface area contributed by atoms with E-state index in [9.17, 15) is 9.59 Å². The predicted octanol–water partition coefficient (Wildman–Crippen LogP) is 4.02. The van der Waals surface area contributed by atoms with E-state index >= 15 is 0 Å². The Kier molecular flexibility index (Phi) is 6.72. The number of aliphatic imine (C=N–C) groups is 1. The minimum Gasteiger partial charge on any atom is -0.493 e. The fraction of sp³-hybridized carbons (Fsp3) is 0.348. The van der Waals surface area contributed by atoms with E-state index in [2.05, 4.69) is 4.99 Å². The highest BCUT2D eigenvalue weighted by atomic mass is 16.5. The summed E-state index contributed by atoms with van der Waals surface area (Å²) in [6.07, 6.45) is 0. The third kappa shape index (κ3) is 4.45. The molecule has 7 heteroatoms. The third-order valence-electron chi connectivity index (χ3n) is 5.06. The normalized spacial score (nSPS) is 18.6. The van der Waals surface area contributed by atoms with Crippen LogP contribution in [0.2, 0.25) is 0 Å². The second-order valence-corrected chi connectivity index (χ2v) is 7.01. The van der Waals surface area contributed by atoms with Crippen LogP contribution in [0.4, 0.5) is 4.79 Å². The van der Waals surface area contributed by atoms with Crippen molar-refractivity contribution < 1.29 is 23.8 Å². The first-order valence-electron chi connectivity index (χ1n) is 9.79. The van der Waals surface area contributed by atoms with Crippen LogP contribution in [0.5, 0.6) is 11.5 Å². The van der Waals surface area contributed by atoms with E-state index < -0.39 is 24.0 Å². The van der Waals surface area contributed by atoms with Gasteiger partial charge in [0.2, 0.25) is 0 Å². The average molecular weight is 410 g/mol. The molecule has 1 aliphatic heterocycles. The molecule has 0 N–H and O–H groups in total. The summed E-state index contributed by atoms with van der Waals surface area (Å²) in [5, 5.41) is 0. The summed E-state index contributed by atoms with van der Waals surface area (Å²) in [7, 11) is 3.18. The largest absolute Gasteiger partial charge is 0.493 e. The Morgan fingerprint density at radius 3 is 2.53 bits per heavy atom. The van der Waals surface area contributed by atoms with Crippen molar-refractivity contribution in [3.05, 3.63) is 59.7 Å². The summed E-state index contributed by atoms with van der Waals surface area (Å²) >= 11 is 0. The van der Waals surface area contributed by atoms with Crippen molar-refractivity contribution in [1.82, 2.24) is 4.90 Å². The molecule has 0 fully saturated rings. The van der Waals surface area contributed by atoms with Gasteiger partial charge in [-0.2, -0.15) is 0 Å². The smallest absolute Gasteiger partial charge is 0.343 e. The Labute approximate surface area is 176 Å². The zero-order valence-electron chi connectivity index (χ0n) is 17.6. The quantitative estimate of drug-likeness (QED) is 0.644. The minimum atomic E-state index is -0.687. The fourth-order valence-electron chi connectivity index (χ4n) is 3.54. The Hall–Kier alpha value is -3.35. The summed E-state index contributed by atoms with van der Waals surface area (Å²) in [5.41, 5.74) is 2.21. The molecular formula is C23H26N2O5. The highest BCUT2D eigenvalue weighted by Gasteiger charge is 2.41. The van der Waals surface area contributed by atoms with Crippen molar-refractivity contribution in [1.29, 1.82) is 0 Å². The van der Waals surface area contributed by atoms with E-state index in [0.717, 1.165) is 11.1 Å². The maximum atomic E-state index is 12.6. The molecule has 158 valence electrons. The molecule has 0 saturated heterocycles. The number of carbonyl (C=O) groups is 2. The molecule has 0 spiro atoms. The standard InChI is InChI=1S/C23H26N2O5/c1-5-29-22(26)20-15(2)24-23(27)25(3)21(20)17-11-12-18(19(13-17)28-4)30-14-16-9-7-6-8-10-16/h6-13,20-21H,5,14H2,1-4H3. The molecule has 0 saturated carbocycles. The lowest BCUT2D eigenvalue weighted by atomic mass is 9.87. The fourth-order valence-corrected chi connectivity index (χ4v) is 3.54. The first-order chi connectivity index (χ1) is 14.5. The van der Waals surface area contributed by atoms with Crippen LogP contribution in [-0.4, -0.2) is 43.4 Å². The van der Waals surface area contributed by atoms with E-state index in [1.165, 1.54) is 4.90 Å². The molecule has 1 aliphatic rings. The Morgan fingerprint density at radius 1 is 1.13 bits per heavy atom. The van der Waals surface area contributed by atoms with Crippen molar-refractivity contribution in [2.45, 2.75) is 26.5 Å². The lowest BCUT2D eigenvalue weighted by Crippen LogP contribution is -2.45. The van der Waals surface area contributed by atoms with Crippen molar-refractivity contribution in [3.8, 4) is 11.5 Å². The molecule has 2 atom stereocenters. The number of nitrogens with zero attached hydrogens (tertiary/aromatic N) is 2. The van der Waals surface area contributed by atoms with E-state index in [0.29, 0.717) is 23.8 Å². The van der Waals surface area contributed by atoms with Crippen LogP contribution in [0.15, 0.2) is 53.5 Å². The van der Waals surface area contributed by atoms with Crippen LogP contribution >= 0.6 is 0 Å². The van der Waals surface area contributed by atoms with Crippen LogP contribution in [0.3, 0.4) is 0 Å². The van der Waals surface area contributed by atoms with Crippen LogP contribution in [0.1, 0.15) is 31.0 Å². The lowest BCUT2D eigenvalue weighted by molar-refractivity contribution is -0.147. The van der Waals surface area contributed by atoms with Crippen LogP contribution in [-0.2, 0) is 16.1 Å². The highest BCUT2D eigenvalue weighted by Crippen LogP contribution is 2.38. The number of ether oxygens (including phenoxy) is 3. The van der Waals surface area contributed by atoms with Crippen molar-refractivity contribution in [3.63, 3.8) is 0 Å². The van der Waals surface area contributed by atoms with Gasteiger partial charge in [0.1, 0.15) is 12.5 Å². The van der Waals surface area contributed by atoms with E-state index in [1.54, 1.807) is 40.1 Å². The van der Waals surface area contributed by atoms with Gasteiger partial charge in [-0.1, -0.05) is 36.4 Å². The van der Waals surface area contributed by atoms with Crippen LogP contribution in [0, 0.1) is 5.92 Å². The molecule has 3 rings (SSSR count). The van der Waals surface area contributed by atoms with E-state index in [-0.39, 0.29) is 6.61 Å². The first kappa shape index (κ1) is 21.4. The molecular weight excluding hydrogens is 384 g/mol. The number of amides is 2. The van der Waals surface area contributed by atoms with Gasteiger partial charge in [0.05, 0.1) is 19.8 Å².